The van der Waals surface area contributed by atoms with Crippen molar-refractivity contribution in [3.63, 3.8) is 0 Å². The second-order valence-corrected chi connectivity index (χ2v) is 8.69. The highest BCUT2D eigenvalue weighted by atomic mass is 19.1. The van der Waals surface area contributed by atoms with Crippen LogP contribution in [0.2, 0.25) is 0 Å². The first-order valence-electron chi connectivity index (χ1n) is 11.5. The Balaban J connectivity index is 1.35. The van der Waals surface area contributed by atoms with Crippen molar-refractivity contribution in [3.05, 3.63) is 106 Å². The molecule has 168 valence electrons. The van der Waals surface area contributed by atoms with Gasteiger partial charge in [-0.25, -0.2) is 9.07 Å². The highest BCUT2D eigenvalue weighted by Crippen LogP contribution is 2.24. The number of fused-ring (bicyclic) bond motifs is 1. The lowest BCUT2D eigenvalue weighted by Crippen LogP contribution is -2.39. The molecule has 0 atom stereocenters. The van der Waals surface area contributed by atoms with E-state index in [-0.39, 0.29) is 17.4 Å². The van der Waals surface area contributed by atoms with Crippen LogP contribution in [0.4, 0.5) is 4.39 Å². The van der Waals surface area contributed by atoms with Crippen molar-refractivity contribution in [2.24, 2.45) is 0 Å². The first-order valence-corrected chi connectivity index (χ1v) is 11.5. The van der Waals surface area contributed by atoms with Gasteiger partial charge < -0.3 is 4.90 Å². The summed E-state index contributed by atoms with van der Waals surface area (Å²) in [5.41, 5.74) is 2.91. The van der Waals surface area contributed by atoms with Crippen LogP contribution in [0, 0.1) is 5.82 Å². The number of piperidine rings is 1. The fraction of sp³-hybridized carbons (Fsp3) is 0.296. The van der Waals surface area contributed by atoms with Crippen molar-refractivity contribution in [2.75, 3.05) is 19.6 Å². The summed E-state index contributed by atoms with van der Waals surface area (Å²) in [6, 6.07) is 20.3. The monoisotopic (exact) mass is 442 g/mol. The Labute approximate surface area is 192 Å². The number of nitrogens with zero attached hydrogens (tertiary/aromatic N) is 4. The van der Waals surface area contributed by atoms with Gasteiger partial charge in [0, 0.05) is 49.8 Å². The zero-order valence-electron chi connectivity index (χ0n) is 18.5. The van der Waals surface area contributed by atoms with Crippen LogP contribution in [-0.4, -0.2) is 39.3 Å². The van der Waals surface area contributed by atoms with Crippen LogP contribution in [-0.2, 0) is 12.8 Å². The van der Waals surface area contributed by atoms with Crippen molar-refractivity contribution in [2.45, 2.75) is 31.7 Å². The van der Waals surface area contributed by atoms with Crippen LogP contribution >= 0.6 is 0 Å². The number of pyridine rings is 1. The topological polar surface area (TPSA) is 51.0 Å². The number of likely N-dealkylation sites (tertiary alicyclic amines) is 1. The molecule has 6 heteroatoms. The lowest BCUT2D eigenvalue weighted by molar-refractivity contribution is 0.178. The molecular weight excluding hydrogens is 415 g/mol. The van der Waals surface area contributed by atoms with Gasteiger partial charge in [-0.05, 0) is 48.7 Å². The van der Waals surface area contributed by atoms with Gasteiger partial charge in [0.1, 0.15) is 5.82 Å². The molecule has 1 aliphatic heterocycles. The molecule has 0 aliphatic carbocycles. The molecule has 1 saturated heterocycles. The van der Waals surface area contributed by atoms with Crippen LogP contribution < -0.4 is 5.56 Å². The molecule has 2 aromatic carbocycles. The molecule has 1 aliphatic rings. The van der Waals surface area contributed by atoms with Gasteiger partial charge in [-0.15, -0.1) is 0 Å². The van der Waals surface area contributed by atoms with Crippen molar-refractivity contribution in [3.8, 4) is 0 Å². The van der Waals surface area contributed by atoms with Gasteiger partial charge in [-0.1, -0.05) is 36.4 Å². The van der Waals surface area contributed by atoms with Gasteiger partial charge in [0.05, 0.1) is 17.1 Å². The van der Waals surface area contributed by atoms with Crippen LogP contribution in [0.25, 0.3) is 10.8 Å². The Kier molecular flexibility index (Phi) is 6.26. The first kappa shape index (κ1) is 21.5. The van der Waals surface area contributed by atoms with E-state index in [2.05, 4.69) is 16.0 Å². The molecule has 0 N–H and O–H groups in total. The van der Waals surface area contributed by atoms with Gasteiger partial charge in [-0.3, -0.25) is 9.78 Å². The molecule has 0 spiro atoms. The van der Waals surface area contributed by atoms with E-state index in [1.807, 2.05) is 42.6 Å². The van der Waals surface area contributed by atoms with Crippen molar-refractivity contribution >= 4 is 10.8 Å². The van der Waals surface area contributed by atoms with Gasteiger partial charge in [0.25, 0.3) is 5.56 Å². The standard InChI is InChI=1S/C27H27FN4O/c28-21-10-8-20(9-11-21)19-26-24-6-1-2-7-25(24)27(33)32(30-26)23-13-17-31(18-14-23)16-12-22-5-3-4-15-29-22/h1-11,15,23H,12-14,16-19H2. The first-order chi connectivity index (χ1) is 16.2. The second-order valence-electron chi connectivity index (χ2n) is 8.69. The predicted octanol–water partition coefficient (Wildman–Crippen LogP) is 4.40. The number of halogens is 1. The van der Waals surface area contributed by atoms with Crippen LogP contribution in [0.1, 0.15) is 35.8 Å². The highest BCUT2D eigenvalue weighted by Gasteiger charge is 2.23. The molecule has 1 fully saturated rings. The molecule has 3 heterocycles. The summed E-state index contributed by atoms with van der Waals surface area (Å²) in [6.45, 7) is 2.84. The van der Waals surface area contributed by atoms with Crippen molar-refractivity contribution in [1.82, 2.24) is 19.7 Å². The molecule has 5 nitrogen and oxygen atoms in total. The van der Waals surface area contributed by atoms with Gasteiger partial charge in [0.2, 0.25) is 0 Å². The lowest BCUT2D eigenvalue weighted by Gasteiger charge is -2.32. The average molecular weight is 443 g/mol. The van der Waals surface area contributed by atoms with E-state index in [0.29, 0.717) is 11.8 Å². The van der Waals surface area contributed by atoms with E-state index in [1.54, 1.807) is 16.8 Å². The summed E-state index contributed by atoms with van der Waals surface area (Å²) >= 11 is 0. The average Bonchev–Trinajstić information content (AvgIpc) is 2.87. The number of benzene rings is 2. The summed E-state index contributed by atoms with van der Waals surface area (Å²) in [6.07, 6.45) is 5.11. The summed E-state index contributed by atoms with van der Waals surface area (Å²) in [5, 5.41) is 6.41. The van der Waals surface area contributed by atoms with Gasteiger partial charge in [-0.2, -0.15) is 5.10 Å². The maximum Gasteiger partial charge on any atom is 0.274 e. The molecule has 33 heavy (non-hydrogen) atoms. The Morgan fingerprint density at radius 1 is 0.909 bits per heavy atom. The van der Waals surface area contributed by atoms with Gasteiger partial charge >= 0.3 is 0 Å². The number of aromatic nitrogens is 3. The zero-order chi connectivity index (χ0) is 22.6. The van der Waals surface area contributed by atoms with Gasteiger partial charge in [0.15, 0.2) is 0 Å². The molecule has 2 aromatic heterocycles. The highest BCUT2D eigenvalue weighted by molar-refractivity contribution is 5.83. The van der Waals surface area contributed by atoms with E-state index in [0.717, 1.165) is 61.2 Å². The Bertz CT molecular complexity index is 1280. The van der Waals surface area contributed by atoms with Crippen molar-refractivity contribution < 1.29 is 4.39 Å². The Hall–Kier alpha value is -3.38. The summed E-state index contributed by atoms with van der Waals surface area (Å²) in [5.74, 6) is -0.253. The Morgan fingerprint density at radius 3 is 2.36 bits per heavy atom. The smallest absolute Gasteiger partial charge is 0.274 e. The van der Waals surface area contributed by atoms with Crippen LogP contribution in [0.3, 0.4) is 0 Å². The minimum absolute atomic E-state index is 0.0274. The SMILES string of the molecule is O=c1c2ccccc2c(Cc2ccc(F)cc2)nn1C1CCN(CCc2ccccn2)CC1. The second kappa shape index (κ2) is 9.63. The zero-order valence-corrected chi connectivity index (χ0v) is 18.5. The third kappa shape index (κ3) is 4.86. The molecule has 0 bridgehead atoms. The third-order valence-electron chi connectivity index (χ3n) is 6.50. The molecule has 0 unspecified atom stereocenters. The largest absolute Gasteiger partial charge is 0.303 e. The fourth-order valence-corrected chi connectivity index (χ4v) is 4.65. The number of rotatable bonds is 6. The van der Waals surface area contributed by atoms with Crippen LogP contribution in [0.5, 0.6) is 0 Å². The minimum Gasteiger partial charge on any atom is -0.303 e. The summed E-state index contributed by atoms with van der Waals surface area (Å²) in [4.78, 5) is 20.2. The maximum absolute atomic E-state index is 13.4. The Morgan fingerprint density at radius 2 is 1.64 bits per heavy atom. The van der Waals surface area contributed by atoms with E-state index < -0.39 is 0 Å². The molecule has 0 amide bonds. The molecule has 0 radical (unpaired) electrons. The van der Waals surface area contributed by atoms with Crippen LogP contribution in [0.15, 0.2) is 77.7 Å². The molecule has 0 saturated carbocycles. The summed E-state index contributed by atoms with van der Waals surface area (Å²) in [7, 11) is 0. The van der Waals surface area contributed by atoms with E-state index >= 15 is 0 Å². The lowest BCUT2D eigenvalue weighted by atomic mass is 10.0. The molecular formula is C27H27FN4O. The number of hydrogen-bond donors (Lipinski definition) is 0. The fourth-order valence-electron chi connectivity index (χ4n) is 4.65. The quantitative estimate of drug-likeness (QED) is 0.444. The van der Waals surface area contributed by atoms with Crippen molar-refractivity contribution in [1.29, 1.82) is 0 Å². The normalized spacial score (nSPS) is 15.2. The number of hydrogen-bond acceptors (Lipinski definition) is 4. The minimum atomic E-state index is -0.253. The molecule has 4 aromatic rings. The summed E-state index contributed by atoms with van der Waals surface area (Å²) < 4.78 is 15.1. The van der Waals surface area contributed by atoms with E-state index in [4.69, 9.17) is 5.10 Å². The molecule has 5 rings (SSSR count). The van der Waals surface area contributed by atoms with E-state index in [9.17, 15) is 9.18 Å². The maximum atomic E-state index is 13.4. The third-order valence-corrected chi connectivity index (χ3v) is 6.50. The van der Waals surface area contributed by atoms with E-state index in [1.165, 1.54) is 12.1 Å². The predicted molar refractivity (Wildman–Crippen MR) is 128 cm³/mol.